The smallest absolute Gasteiger partial charge is 0.247 e. The van der Waals surface area contributed by atoms with Crippen molar-refractivity contribution in [3.63, 3.8) is 0 Å². The summed E-state index contributed by atoms with van der Waals surface area (Å²) in [5.74, 6) is 0. The van der Waals surface area contributed by atoms with Crippen molar-refractivity contribution in [3.05, 3.63) is 44.1 Å². The minimum absolute atomic E-state index is 0.100. The van der Waals surface area contributed by atoms with E-state index in [-0.39, 0.29) is 6.54 Å². The summed E-state index contributed by atoms with van der Waals surface area (Å²) in [6.07, 6.45) is 11.9. The molecule has 172 valence electrons. The van der Waals surface area contributed by atoms with E-state index in [9.17, 15) is 14.4 Å². The zero-order valence-corrected chi connectivity index (χ0v) is 20.1. The highest BCUT2D eigenvalue weighted by atomic mass is 16.2. The molecule has 0 amide bonds. The highest BCUT2D eigenvalue weighted by molar-refractivity contribution is 4.87. The van der Waals surface area contributed by atoms with Crippen LogP contribution in [-0.2, 0) is 18.6 Å². The summed E-state index contributed by atoms with van der Waals surface area (Å²) in [6, 6.07) is 0. The van der Waals surface area contributed by atoms with Crippen LogP contribution in [0.3, 0.4) is 0 Å². The predicted octanol–water partition coefficient (Wildman–Crippen LogP) is 4.67. The molecular weight excluding hydrogens is 378 g/mol. The van der Waals surface area contributed by atoms with Gasteiger partial charge in [0.15, 0.2) is 0 Å². The molecule has 0 fully saturated rings. The lowest BCUT2D eigenvalue weighted by Crippen LogP contribution is -2.58. The molecule has 0 N–H and O–H groups in total. The summed E-state index contributed by atoms with van der Waals surface area (Å²) >= 11 is 0. The average molecular weight is 422 g/mol. The molecule has 1 aromatic heterocycles. The number of aromatic nitrogens is 3. The normalized spacial score (nSPS) is 12.3. The van der Waals surface area contributed by atoms with Crippen molar-refractivity contribution in [2.24, 2.45) is 5.41 Å². The molecule has 0 unspecified atom stereocenters. The Morgan fingerprint density at radius 3 is 1.63 bits per heavy atom. The van der Waals surface area contributed by atoms with Crippen LogP contribution in [0.1, 0.15) is 99.3 Å². The maximum Gasteiger partial charge on any atom is 0.337 e. The summed E-state index contributed by atoms with van der Waals surface area (Å²) in [5.41, 5.74) is -1.89. The van der Waals surface area contributed by atoms with Crippen molar-refractivity contribution >= 4 is 0 Å². The van der Waals surface area contributed by atoms with E-state index in [1.54, 1.807) is 20.8 Å². The second-order valence-electron chi connectivity index (χ2n) is 10.5. The van der Waals surface area contributed by atoms with Crippen molar-refractivity contribution in [2.75, 3.05) is 0 Å². The maximum atomic E-state index is 12.8. The molecule has 0 aliphatic rings. The lowest BCUT2D eigenvalue weighted by atomic mass is 9.89. The number of hydrogen-bond donors (Lipinski definition) is 0. The lowest BCUT2D eigenvalue weighted by molar-refractivity contribution is 0.321. The first kappa shape index (κ1) is 26.2. The topological polar surface area (TPSA) is 66.0 Å². The summed E-state index contributed by atoms with van der Waals surface area (Å²) in [5, 5.41) is 0. The number of rotatable bonds is 12. The molecule has 0 aromatic carbocycles. The molecule has 0 aliphatic heterocycles. The van der Waals surface area contributed by atoms with Gasteiger partial charge in [-0.3, -0.25) is 0 Å². The third kappa shape index (κ3) is 8.11. The quantitative estimate of drug-likeness (QED) is 0.364. The Balaban J connectivity index is 2.61. The molecule has 0 saturated heterocycles. The van der Waals surface area contributed by atoms with E-state index >= 15 is 0 Å². The van der Waals surface area contributed by atoms with Crippen LogP contribution in [0.25, 0.3) is 0 Å². The van der Waals surface area contributed by atoms with E-state index in [2.05, 4.69) is 27.4 Å². The van der Waals surface area contributed by atoms with Crippen LogP contribution in [0.2, 0.25) is 0 Å². The Morgan fingerprint density at radius 1 is 0.700 bits per heavy atom. The van der Waals surface area contributed by atoms with Gasteiger partial charge >= 0.3 is 17.1 Å². The molecule has 1 heterocycles. The summed E-state index contributed by atoms with van der Waals surface area (Å²) in [7, 11) is 0. The van der Waals surface area contributed by atoms with Gasteiger partial charge in [-0.25, -0.2) is 28.1 Å². The van der Waals surface area contributed by atoms with Crippen LogP contribution < -0.4 is 17.1 Å². The van der Waals surface area contributed by atoms with Crippen molar-refractivity contribution < 1.29 is 0 Å². The van der Waals surface area contributed by atoms with Gasteiger partial charge in [0.2, 0.25) is 0 Å². The fourth-order valence-corrected chi connectivity index (χ4v) is 3.67. The van der Waals surface area contributed by atoms with Gasteiger partial charge in [-0.1, -0.05) is 71.8 Å². The molecular formula is C24H43N3O3. The van der Waals surface area contributed by atoms with E-state index in [1.807, 2.05) is 0 Å². The van der Waals surface area contributed by atoms with Crippen LogP contribution in [0.15, 0.2) is 27.0 Å². The van der Waals surface area contributed by atoms with Crippen LogP contribution in [0.5, 0.6) is 0 Å². The van der Waals surface area contributed by atoms with Gasteiger partial charge in [-0.15, -0.1) is 6.58 Å². The molecule has 1 rings (SSSR count). The molecule has 0 saturated carbocycles. The fourth-order valence-electron chi connectivity index (χ4n) is 3.67. The molecule has 0 spiro atoms. The predicted molar refractivity (Wildman–Crippen MR) is 125 cm³/mol. The first-order valence-corrected chi connectivity index (χ1v) is 11.5. The van der Waals surface area contributed by atoms with E-state index in [0.717, 1.165) is 23.8 Å². The van der Waals surface area contributed by atoms with Crippen molar-refractivity contribution in [1.82, 2.24) is 13.7 Å². The van der Waals surface area contributed by atoms with Gasteiger partial charge in [0.25, 0.3) is 0 Å². The monoisotopic (exact) mass is 421 g/mol. The summed E-state index contributed by atoms with van der Waals surface area (Å²) < 4.78 is 3.48. The lowest BCUT2D eigenvalue weighted by Gasteiger charge is -2.23. The Morgan fingerprint density at radius 2 is 1.17 bits per heavy atom. The summed E-state index contributed by atoms with van der Waals surface area (Å²) in [4.78, 5) is 38.2. The minimum atomic E-state index is -0.695. The standard InChI is InChI=1S/C24H43N3O3/c1-8-18-25-20(28)26(22(30)27(21(25)29)24(5,6)7)19-16-14-12-10-9-11-13-15-17-23(2,3)4/h8H,1,9-19H2,2-7H3. The Hall–Kier alpha value is -1.85. The molecule has 6 nitrogen and oxygen atoms in total. The number of hydrogen-bond acceptors (Lipinski definition) is 3. The first-order chi connectivity index (χ1) is 13.9. The van der Waals surface area contributed by atoms with E-state index in [1.165, 1.54) is 53.7 Å². The van der Waals surface area contributed by atoms with Gasteiger partial charge in [0.05, 0.1) is 6.54 Å². The SMILES string of the molecule is C=CCn1c(=O)n(CCCCCCCCCCC(C)(C)C)c(=O)n(C(C)(C)C)c1=O. The highest BCUT2D eigenvalue weighted by Gasteiger charge is 2.23. The molecule has 0 aliphatic carbocycles. The zero-order chi connectivity index (χ0) is 22.9. The molecule has 6 heteroatoms. The maximum absolute atomic E-state index is 12.8. The second-order valence-corrected chi connectivity index (χ2v) is 10.5. The number of allylic oxidation sites excluding steroid dienone is 1. The van der Waals surface area contributed by atoms with Crippen molar-refractivity contribution in [2.45, 2.75) is 118 Å². The number of nitrogens with zero attached hydrogens (tertiary/aromatic N) is 3. The fraction of sp³-hybridized carbons (Fsp3) is 0.792. The van der Waals surface area contributed by atoms with E-state index in [0.29, 0.717) is 12.0 Å². The molecule has 30 heavy (non-hydrogen) atoms. The van der Waals surface area contributed by atoms with E-state index < -0.39 is 22.6 Å². The average Bonchev–Trinajstić information content (AvgIpc) is 2.60. The third-order valence-electron chi connectivity index (χ3n) is 5.35. The molecule has 0 atom stereocenters. The Labute approximate surface area is 181 Å². The highest BCUT2D eigenvalue weighted by Crippen LogP contribution is 2.22. The molecule has 1 aromatic rings. The minimum Gasteiger partial charge on any atom is -0.247 e. The first-order valence-electron chi connectivity index (χ1n) is 11.5. The van der Waals surface area contributed by atoms with Gasteiger partial charge in [-0.2, -0.15) is 0 Å². The molecule has 0 bridgehead atoms. The van der Waals surface area contributed by atoms with Crippen molar-refractivity contribution in [3.8, 4) is 0 Å². The van der Waals surface area contributed by atoms with Crippen LogP contribution >= 0.6 is 0 Å². The van der Waals surface area contributed by atoms with Crippen LogP contribution in [0.4, 0.5) is 0 Å². The van der Waals surface area contributed by atoms with Crippen LogP contribution in [-0.4, -0.2) is 13.7 Å². The zero-order valence-electron chi connectivity index (χ0n) is 20.1. The summed E-state index contributed by atoms with van der Waals surface area (Å²) in [6.45, 7) is 16.3. The Kier molecular flexibility index (Phi) is 10.1. The second kappa shape index (κ2) is 11.5. The Bertz CT molecular complexity index is 845. The van der Waals surface area contributed by atoms with Gasteiger partial charge < -0.3 is 0 Å². The van der Waals surface area contributed by atoms with Gasteiger partial charge in [0.1, 0.15) is 0 Å². The van der Waals surface area contributed by atoms with Gasteiger partial charge in [-0.05, 0) is 39.0 Å². The van der Waals surface area contributed by atoms with Crippen LogP contribution in [0, 0.1) is 5.41 Å². The van der Waals surface area contributed by atoms with Gasteiger partial charge in [0, 0.05) is 12.1 Å². The van der Waals surface area contributed by atoms with E-state index in [4.69, 9.17) is 0 Å². The largest absolute Gasteiger partial charge is 0.337 e. The van der Waals surface area contributed by atoms with Crippen molar-refractivity contribution in [1.29, 1.82) is 0 Å². The number of unbranched alkanes of at least 4 members (excludes halogenated alkanes) is 7. The third-order valence-corrected chi connectivity index (χ3v) is 5.35. The molecule has 0 radical (unpaired) electrons.